The number of rotatable bonds is 4. The highest BCUT2D eigenvalue weighted by Crippen LogP contribution is 2.33. The van der Waals surface area contributed by atoms with E-state index in [2.05, 4.69) is 6.92 Å². The smallest absolute Gasteiger partial charge is 0.266 e. The van der Waals surface area contributed by atoms with Gasteiger partial charge in [-0.25, -0.2) is 0 Å². The zero-order valence-electron chi connectivity index (χ0n) is 11.6. The van der Waals surface area contributed by atoms with E-state index in [4.69, 9.17) is 12.2 Å². The minimum absolute atomic E-state index is 0.0204. The maximum Gasteiger partial charge on any atom is 0.266 e. The Labute approximate surface area is 129 Å². The number of carbonyl (C=O) groups is 1. The van der Waals surface area contributed by atoms with Crippen LogP contribution < -0.4 is 0 Å². The van der Waals surface area contributed by atoms with E-state index in [-0.39, 0.29) is 11.9 Å². The first-order valence-corrected chi connectivity index (χ1v) is 7.84. The topological polar surface area (TPSA) is 20.3 Å². The first kappa shape index (κ1) is 15.0. The van der Waals surface area contributed by atoms with Gasteiger partial charge in [0.15, 0.2) is 0 Å². The molecule has 0 spiro atoms. The average Bonchev–Trinajstić information content (AvgIpc) is 2.74. The van der Waals surface area contributed by atoms with Crippen molar-refractivity contribution in [3.05, 3.63) is 53.0 Å². The van der Waals surface area contributed by atoms with Crippen molar-refractivity contribution in [1.82, 2.24) is 4.90 Å². The van der Waals surface area contributed by atoms with E-state index in [1.165, 1.54) is 11.8 Å². The van der Waals surface area contributed by atoms with Gasteiger partial charge in [-0.1, -0.05) is 73.4 Å². The van der Waals surface area contributed by atoms with Crippen LogP contribution in [0.4, 0.5) is 0 Å². The summed E-state index contributed by atoms with van der Waals surface area (Å²) in [6.45, 7) is 4.08. The Morgan fingerprint density at radius 1 is 1.35 bits per heavy atom. The van der Waals surface area contributed by atoms with Gasteiger partial charge in [0.2, 0.25) is 0 Å². The summed E-state index contributed by atoms with van der Waals surface area (Å²) in [5.74, 6) is 0.0204. The quantitative estimate of drug-likeness (QED) is 0.613. The number of amides is 1. The van der Waals surface area contributed by atoms with Gasteiger partial charge in [0, 0.05) is 6.04 Å². The number of nitrogens with zero attached hydrogens (tertiary/aromatic N) is 1. The first-order chi connectivity index (χ1) is 9.63. The predicted octanol–water partition coefficient (Wildman–Crippen LogP) is 4.24. The van der Waals surface area contributed by atoms with Crippen LogP contribution in [0.15, 0.2) is 47.4 Å². The van der Waals surface area contributed by atoms with Crippen molar-refractivity contribution in [3.8, 4) is 0 Å². The number of hydrogen-bond acceptors (Lipinski definition) is 3. The molecule has 1 atom stereocenters. The summed E-state index contributed by atoms with van der Waals surface area (Å²) in [5, 5.41) is 0. The summed E-state index contributed by atoms with van der Waals surface area (Å²) in [5.41, 5.74) is 1.11. The zero-order valence-corrected chi connectivity index (χ0v) is 13.2. The molecule has 1 aliphatic heterocycles. The molecule has 2 rings (SSSR count). The van der Waals surface area contributed by atoms with Gasteiger partial charge >= 0.3 is 0 Å². The molecule has 4 heteroatoms. The number of allylic oxidation sites excluding steroid dienone is 2. The molecule has 1 saturated heterocycles. The van der Waals surface area contributed by atoms with E-state index in [0.29, 0.717) is 9.23 Å². The number of thioether (sulfide) groups is 1. The normalized spacial score (nSPS) is 19.3. The Morgan fingerprint density at radius 3 is 2.70 bits per heavy atom. The molecular weight excluding hydrogens is 286 g/mol. The standard InChI is InChI=1S/C16H17NOS2/c1-3-12(2)17-15(18)14(20-16(17)19)11-7-10-13-8-5-4-6-9-13/h4-12H,3H2,1-2H3. The first-order valence-electron chi connectivity index (χ1n) is 6.62. The summed E-state index contributed by atoms with van der Waals surface area (Å²) in [6.07, 6.45) is 6.63. The van der Waals surface area contributed by atoms with E-state index in [1.54, 1.807) is 4.90 Å². The van der Waals surface area contributed by atoms with Gasteiger partial charge in [0.1, 0.15) is 4.32 Å². The second-order valence-corrected chi connectivity index (χ2v) is 6.28. The van der Waals surface area contributed by atoms with Crippen LogP contribution in [0, 0.1) is 0 Å². The lowest BCUT2D eigenvalue weighted by molar-refractivity contribution is -0.123. The second kappa shape index (κ2) is 6.86. The highest BCUT2D eigenvalue weighted by Gasteiger charge is 2.34. The van der Waals surface area contributed by atoms with Gasteiger partial charge in [-0.05, 0) is 25.0 Å². The molecule has 1 fully saturated rings. The van der Waals surface area contributed by atoms with Crippen molar-refractivity contribution in [2.45, 2.75) is 26.3 Å². The molecule has 1 heterocycles. The SMILES string of the molecule is CCC(C)N1C(=O)C(=CC=Cc2ccccc2)SC1=S. The molecular formula is C16H17NOS2. The van der Waals surface area contributed by atoms with Crippen LogP contribution in [0.1, 0.15) is 25.8 Å². The maximum atomic E-state index is 12.3. The molecule has 1 aromatic rings. The van der Waals surface area contributed by atoms with E-state index in [0.717, 1.165) is 12.0 Å². The summed E-state index contributed by atoms with van der Waals surface area (Å²) in [7, 11) is 0. The van der Waals surface area contributed by atoms with Crippen LogP contribution in [-0.4, -0.2) is 21.2 Å². The van der Waals surface area contributed by atoms with Crippen LogP contribution >= 0.6 is 24.0 Å². The molecule has 2 nitrogen and oxygen atoms in total. The molecule has 0 bridgehead atoms. The van der Waals surface area contributed by atoms with Crippen molar-refractivity contribution in [2.24, 2.45) is 0 Å². The van der Waals surface area contributed by atoms with Gasteiger partial charge in [-0.15, -0.1) is 0 Å². The number of thiocarbonyl (C=S) groups is 1. The Bertz CT molecular complexity index is 563. The van der Waals surface area contributed by atoms with Crippen molar-refractivity contribution < 1.29 is 4.79 Å². The number of benzene rings is 1. The molecule has 0 saturated carbocycles. The third-order valence-corrected chi connectivity index (χ3v) is 4.54. The molecule has 0 radical (unpaired) electrons. The highest BCUT2D eigenvalue weighted by molar-refractivity contribution is 8.26. The highest BCUT2D eigenvalue weighted by atomic mass is 32.2. The molecule has 1 aliphatic rings. The van der Waals surface area contributed by atoms with Gasteiger partial charge in [0.25, 0.3) is 5.91 Å². The van der Waals surface area contributed by atoms with E-state index in [9.17, 15) is 4.79 Å². The lowest BCUT2D eigenvalue weighted by atomic mass is 10.2. The Hall–Kier alpha value is -1.39. The van der Waals surface area contributed by atoms with Crippen molar-refractivity contribution in [3.63, 3.8) is 0 Å². The van der Waals surface area contributed by atoms with Gasteiger partial charge < -0.3 is 0 Å². The number of hydrogen-bond donors (Lipinski definition) is 0. The average molecular weight is 303 g/mol. The van der Waals surface area contributed by atoms with Gasteiger partial charge in [-0.2, -0.15) is 0 Å². The molecule has 1 aromatic carbocycles. The lowest BCUT2D eigenvalue weighted by Crippen LogP contribution is -2.36. The fourth-order valence-electron chi connectivity index (χ4n) is 1.87. The largest absolute Gasteiger partial charge is 0.290 e. The molecule has 1 unspecified atom stereocenters. The number of carbonyl (C=O) groups excluding carboxylic acids is 1. The van der Waals surface area contributed by atoms with Crippen molar-refractivity contribution in [2.75, 3.05) is 0 Å². The summed E-state index contributed by atoms with van der Waals surface area (Å²) >= 11 is 6.66. The fraction of sp³-hybridized carbons (Fsp3) is 0.250. The Balaban J connectivity index is 2.11. The second-order valence-electron chi connectivity index (χ2n) is 4.60. The summed E-state index contributed by atoms with van der Waals surface area (Å²) in [6, 6.07) is 10.2. The van der Waals surface area contributed by atoms with E-state index < -0.39 is 0 Å². The lowest BCUT2D eigenvalue weighted by Gasteiger charge is -2.21. The monoisotopic (exact) mass is 303 g/mol. The molecule has 20 heavy (non-hydrogen) atoms. The molecule has 0 aromatic heterocycles. The fourth-order valence-corrected chi connectivity index (χ4v) is 3.28. The molecule has 1 amide bonds. The van der Waals surface area contributed by atoms with Crippen LogP contribution in [0.25, 0.3) is 6.08 Å². The summed E-state index contributed by atoms with van der Waals surface area (Å²) < 4.78 is 0.656. The maximum absolute atomic E-state index is 12.3. The zero-order chi connectivity index (χ0) is 14.5. The van der Waals surface area contributed by atoms with E-state index in [1.807, 2.05) is 55.5 Å². The van der Waals surface area contributed by atoms with Gasteiger partial charge in [0.05, 0.1) is 4.91 Å². The molecule has 0 aliphatic carbocycles. The third kappa shape index (κ3) is 3.38. The third-order valence-electron chi connectivity index (χ3n) is 3.19. The van der Waals surface area contributed by atoms with Gasteiger partial charge in [-0.3, -0.25) is 9.69 Å². The Kier molecular flexibility index (Phi) is 5.15. The molecule has 0 N–H and O–H groups in total. The molecule has 104 valence electrons. The van der Waals surface area contributed by atoms with Crippen LogP contribution in [0.5, 0.6) is 0 Å². The van der Waals surface area contributed by atoms with Crippen LogP contribution in [-0.2, 0) is 4.79 Å². The van der Waals surface area contributed by atoms with Crippen LogP contribution in [0.2, 0.25) is 0 Å². The minimum atomic E-state index is 0.0204. The van der Waals surface area contributed by atoms with Crippen molar-refractivity contribution in [1.29, 1.82) is 0 Å². The summed E-state index contributed by atoms with van der Waals surface area (Å²) in [4.78, 5) is 14.7. The minimum Gasteiger partial charge on any atom is -0.290 e. The van der Waals surface area contributed by atoms with Crippen molar-refractivity contribution >= 4 is 40.3 Å². The predicted molar refractivity (Wildman–Crippen MR) is 90.3 cm³/mol. The van der Waals surface area contributed by atoms with E-state index >= 15 is 0 Å². The van der Waals surface area contributed by atoms with Crippen LogP contribution in [0.3, 0.4) is 0 Å². The Morgan fingerprint density at radius 2 is 2.05 bits per heavy atom.